The number of hydrogen-bond acceptors (Lipinski definition) is 2. The van der Waals surface area contributed by atoms with Crippen LogP contribution in [0.2, 0.25) is 5.02 Å². The van der Waals surface area contributed by atoms with Gasteiger partial charge in [0.25, 0.3) is 5.91 Å². The second kappa shape index (κ2) is 11.8. The molecule has 1 heterocycles. The Hall–Kier alpha value is -3.11. The van der Waals surface area contributed by atoms with E-state index in [0.717, 1.165) is 29.0 Å². The van der Waals surface area contributed by atoms with Gasteiger partial charge >= 0.3 is 0 Å². The molecule has 4 nitrogen and oxygen atoms in total. The van der Waals surface area contributed by atoms with Gasteiger partial charge in [0.1, 0.15) is 6.04 Å². The molecule has 5 heteroatoms. The van der Waals surface area contributed by atoms with E-state index in [1.54, 1.807) is 0 Å². The number of carbonyl (C=O) groups excluding carboxylic acids is 2. The molecule has 0 radical (unpaired) electrons. The third-order valence-corrected chi connectivity index (χ3v) is 6.67. The van der Waals surface area contributed by atoms with E-state index in [2.05, 4.69) is 17.4 Å². The third kappa shape index (κ3) is 5.87. The maximum atomic E-state index is 13.2. The lowest BCUT2D eigenvalue weighted by atomic mass is 9.89. The minimum atomic E-state index is -0.534. The SMILES string of the molecule is C.CC[C@@H](NC(=O)c1ccccc1-c1ccccc1)C(=O)N1CCC(c2ccc(Cl)cc2)CC1. The predicted molar refractivity (Wildman–Crippen MR) is 140 cm³/mol. The molecule has 3 aromatic carbocycles. The van der Waals surface area contributed by atoms with E-state index in [0.29, 0.717) is 31.0 Å². The maximum Gasteiger partial charge on any atom is 0.252 e. The summed E-state index contributed by atoms with van der Waals surface area (Å²) in [5, 5.41) is 3.73. The quantitative estimate of drug-likeness (QED) is 0.438. The van der Waals surface area contributed by atoms with Crippen LogP contribution in [0.5, 0.6) is 0 Å². The highest BCUT2D eigenvalue weighted by atomic mass is 35.5. The number of rotatable bonds is 6. The summed E-state index contributed by atoms with van der Waals surface area (Å²) in [4.78, 5) is 28.3. The van der Waals surface area contributed by atoms with Crippen LogP contribution in [0.1, 0.15) is 55.5 Å². The fourth-order valence-corrected chi connectivity index (χ4v) is 4.64. The first-order valence-corrected chi connectivity index (χ1v) is 11.9. The summed E-state index contributed by atoms with van der Waals surface area (Å²) in [6.07, 6.45) is 2.37. The molecular weight excluding hydrogens is 444 g/mol. The number of amides is 2. The molecule has 0 spiro atoms. The van der Waals surface area contributed by atoms with Gasteiger partial charge in [0.05, 0.1) is 0 Å². The fraction of sp³-hybridized carbons (Fsp3) is 0.310. The standard InChI is InChI=1S/C28H29ClN2O2.CH4/c1-2-26(28(33)31-18-16-21(17-19-31)20-12-14-23(29)15-13-20)30-27(32)25-11-7-6-10-24(25)22-8-4-3-5-9-22;/h3-15,21,26H,2,16-19H2,1H3,(H,30,32);1H4/t26-;/m1./s1. The summed E-state index contributed by atoms with van der Waals surface area (Å²) in [7, 11) is 0. The molecule has 3 aromatic rings. The summed E-state index contributed by atoms with van der Waals surface area (Å²) in [6.45, 7) is 3.32. The molecule has 178 valence electrons. The van der Waals surface area contributed by atoms with Crippen molar-refractivity contribution >= 4 is 23.4 Å². The van der Waals surface area contributed by atoms with Gasteiger partial charge in [-0.1, -0.05) is 86.6 Å². The summed E-state index contributed by atoms with van der Waals surface area (Å²) in [5.41, 5.74) is 3.69. The average molecular weight is 477 g/mol. The highest BCUT2D eigenvalue weighted by molar-refractivity contribution is 6.30. The molecule has 0 aliphatic carbocycles. The van der Waals surface area contributed by atoms with Gasteiger partial charge in [-0.05, 0) is 60.1 Å². The molecule has 1 saturated heterocycles. The normalized spacial score (nSPS) is 14.7. The van der Waals surface area contributed by atoms with Crippen molar-refractivity contribution in [3.8, 4) is 11.1 Å². The Labute approximate surface area is 207 Å². The summed E-state index contributed by atoms with van der Waals surface area (Å²) in [5.74, 6) is 0.210. The van der Waals surface area contributed by atoms with Crippen LogP contribution in [0.4, 0.5) is 0 Å². The van der Waals surface area contributed by atoms with Crippen molar-refractivity contribution in [2.24, 2.45) is 0 Å². The number of piperidine rings is 1. The predicted octanol–water partition coefficient (Wildman–Crippen LogP) is 6.56. The van der Waals surface area contributed by atoms with Gasteiger partial charge in [-0.25, -0.2) is 0 Å². The van der Waals surface area contributed by atoms with Crippen LogP contribution >= 0.6 is 11.6 Å². The van der Waals surface area contributed by atoms with Gasteiger partial charge in [0, 0.05) is 23.7 Å². The Balaban J connectivity index is 0.00000324. The lowest BCUT2D eigenvalue weighted by Crippen LogP contribution is -2.50. The first kappa shape index (κ1) is 25.5. The number of carbonyl (C=O) groups is 2. The van der Waals surface area contributed by atoms with Crippen molar-refractivity contribution < 1.29 is 9.59 Å². The maximum absolute atomic E-state index is 13.2. The van der Waals surface area contributed by atoms with Gasteiger partial charge in [0.2, 0.25) is 5.91 Å². The van der Waals surface area contributed by atoms with Crippen molar-refractivity contribution in [1.29, 1.82) is 0 Å². The van der Waals surface area contributed by atoms with E-state index in [4.69, 9.17) is 11.6 Å². The zero-order chi connectivity index (χ0) is 23.2. The number of hydrogen-bond donors (Lipinski definition) is 1. The van der Waals surface area contributed by atoms with Crippen LogP contribution in [-0.2, 0) is 4.79 Å². The molecule has 1 aliphatic heterocycles. The lowest BCUT2D eigenvalue weighted by Gasteiger charge is -2.34. The fourth-order valence-electron chi connectivity index (χ4n) is 4.51. The van der Waals surface area contributed by atoms with Crippen LogP contribution < -0.4 is 5.32 Å². The van der Waals surface area contributed by atoms with E-state index >= 15 is 0 Å². The van der Waals surface area contributed by atoms with Crippen LogP contribution in [0.3, 0.4) is 0 Å². The van der Waals surface area contributed by atoms with Crippen molar-refractivity contribution in [3.05, 3.63) is 95.0 Å². The van der Waals surface area contributed by atoms with Gasteiger partial charge < -0.3 is 10.2 Å². The smallest absolute Gasteiger partial charge is 0.252 e. The largest absolute Gasteiger partial charge is 0.341 e. The van der Waals surface area contributed by atoms with Gasteiger partial charge in [-0.2, -0.15) is 0 Å². The number of nitrogens with zero attached hydrogens (tertiary/aromatic N) is 1. The Kier molecular flexibility index (Phi) is 8.89. The first-order valence-electron chi connectivity index (χ1n) is 11.6. The van der Waals surface area contributed by atoms with E-state index in [-0.39, 0.29) is 19.2 Å². The topological polar surface area (TPSA) is 49.4 Å². The van der Waals surface area contributed by atoms with E-state index < -0.39 is 6.04 Å². The molecule has 0 bridgehead atoms. The van der Waals surface area contributed by atoms with Crippen molar-refractivity contribution in [3.63, 3.8) is 0 Å². The van der Waals surface area contributed by atoms with Crippen molar-refractivity contribution in [1.82, 2.24) is 10.2 Å². The molecule has 1 aliphatic rings. The second-order valence-corrected chi connectivity index (χ2v) is 8.93. The Bertz CT molecular complexity index is 1090. The number of halogens is 1. The minimum Gasteiger partial charge on any atom is -0.341 e. The zero-order valence-electron chi connectivity index (χ0n) is 18.8. The van der Waals surface area contributed by atoms with Crippen LogP contribution in [0.15, 0.2) is 78.9 Å². The Morgan fingerprint density at radius 2 is 1.56 bits per heavy atom. The molecule has 2 amide bonds. The Morgan fingerprint density at radius 1 is 0.941 bits per heavy atom. The molecule has 0 unspecified atom stereocenters. The van der Waals surface area contributed by atoms with Crippen molar-refractivity contribution in [2.75, 3.05) is 13.1 Å². The number of nitrogens with one attached hydrogen (secondary N) is 1. The summed E-state index contributed by atoms with van der Waals surface area (Å²) >= 11 is 6.01. The number of likely N-dealkylation sites (tertiary alicyclic amines) is 1. The lowest BCUT2D eigenvalue weighted by molar-refractivity contribution is -0.134. The average Bonchev–Trinajstić information content (AvgIpc) is 2.88. The van der Waals surface area contributed by atoms with Crippen LogP contribution in [0.25, 0.3) is 11.1 Å². The molecule has 1 fully saturated rings. The van der Waals surface area contributed by atoms with Gasteiger partial charge in [-0.15, -0.1) is 0 Å². The van der Waals surface area contributed by atoms with E-state index in [1.165, 1.54) is 5.56 Å². The molecule has 34 heavy (non-hydrogen) atoms. The molecular formula is C29H33ClN2O2. The zero-order valence-corrected chi connectivity index (χ0v) is 19.6. The second-order valence-electron chi connectivity index (χ2n) is 8.50. The van der Waals surface area contributed by atoms with E-state index in [1.807, 2.05) is 78.6 Å². The van der Waals surface area contributed by atoms with Crippen LogP contribution in [0, 0.1) is 0 Å². The third-order valence-electron chi connectivity index (χ3n) is 6.42. The summed E-state index contributed by atoms with van der Waals surface area (Å²) in [6, 6.07) is 24.8. The van der Waals surface area contributed by atoms with Crippen molar-refractivity contribution in [2.45, 2.75) is 45.6 Å². The molecule has 1 atom stereocenters. The summed E-state index contributed by atoms with van der Waals surface area (Å²) < 4.78 is 0. The molecule has 0 saturated carbocycles. The Morgan fingerprint density at radius 3 is 2.21 bits per heavy atom. The first-order chi connectivity index (χ1) is 16.1. The monoisotopic (exact) mass is 476 g/mol. The number of benzene rings is 3. The van der Waals surface area contributed by atoms with Gasteiger partial charge in [0.15, 0.2) is 0 Å². The van der Waals surface area contributed by atoms with E-state index in [9.17, 15) is 9.59 Å². The highest BCUT2D eigenvalue weighted by Crippen LogP contribution is 2.29. The molecule has 1 N–H and O–H groups in total. The minimum absolute atomic E-state index is 0. The molecule has 4 rings (SSSR count). The molecule has 0 aromatic heterocycles. The van der Waals surface area contributed by atoms with Gasteiger partial charge in [-0.3, -0.25) is 9.59 Å². The van der Waals surface area contributed by atoms with Crippen LogP contribution in [-0.4, -0.2) is 35.8 Å². The highest BCUT2D eigenvalue weighted by Gasteiger charge is 2.29.